The molecule has 0 radical (unpaired) electrons. The summed E-state index contributed by atoms with van der Waals surface area (Å²) < 4.78 is 15.4. The minimum Gasteiger partial charge on any atom is -0.507 e. The first kappa shape index (κ1) is 20.7. The SMILES string of the molecule is CN(c1cnc(-c2ccc(-c3nnn(C)n3)cc2O)nn1)[C@H]1C[C@]2(C)CC[C@@](C)(C2)[C@H]1F. The van der Waals surface area contributed by atoms with Gasteiger partial charge in [-0.05, 0) is 48.4 Å². The van der Waals surface area contributed by atoms with E-state index in [0.29, 0.717) is 22.8 Å². The number of tetrazole rings is 1. The summed E-state index contributed by atoms with van der Waals surface area (Å²) in [6, 6.07) is 4.75. The third kappa shape index (κ3) is 3.37. The van der Waals surface area contributed by atoms with Crippen LogP contribution in [0.15, 0.2) is 24.4 Å². The summed E-state index contributed by atoms with van der Waals surface area (Å²) in [5, 5.41) is 30.9. The van der Waals surface area contributed by atoms with E-state index < -0.39 is 6.17 Å². The first-order valence-corrected chi connectivity index (χ1v) is 10.8. The lowest BCUT2D eigenvalue weighted by Crippen LogP contribution is -2.52. The number of phenolic OH excluding ortho intramolecular Hbond substituents is 1. The Balaban J connectivity index is 1.37. The lowest BCUT2D eigenvalue weighted by molar-refractivity contribution is 0.0380. The molecule has 1 aromatic carbocycles. The molecule has 2 aliphatic rings. The largest absolute Gasteiger partial charge is 0.507 e. The highest BCUT2D eigenvalue weighted by Gasteiger charge is 2.56. The zero-order chi connectivity index (χ0) is 22.7. The molecule has 10 heteroatoms. The van der Waals surface area contributed by atoms with E-state index in [0.717, 1.165) is 25.7 Å². The third-order valence-corrected chi connectivity index (χ3v) is 7.25. The average molecular weight is 439 g/mol. The molecular formula is C22H27FN8O. The van der Waals surface area contributed by atoms with Gasteiger partial charge in [0, 0.05) is 18.0 Å². The van der Waals surface area contributed by atoms with Gasteiger partial charge in [-0.1, -0.05) is 19.9 Å². The molecule has 0 amide bonds. The predicted octanol–water partition coefficient (Wildman–Crippen LogP) is 3.18. The standard InChI is InChI=1S/C22H27FN8O/c1-21-7-8-22(2,12-21)18(23)15(10-21)30(3)17-11-24-20(26-25-17)14-6-5-13(9-16(14)32)19-27-29-31(4)28-19/h5-6,9,11,15,18,32H,7-8,10,12H2,1-4H3/t15-,18-,21-,22-/m0/s1. The Morgan fingerprint density at radius 3 is 2.62 bits per heavy atom. The van der Waals surface area contributed by atoms with Crippen LogP contribution < -0.4 is 4.90 Å². The van der Waals surface area contributed by atoms with E-state index in [2.05, 4.69) is 44.4 Å². The van der Waals surface area contributed by atoms with Crippen LogP contribution in [0.5, 0.6) is 5.75 Å². The summed E-state index contributed by atoms with van der Waals surface area (Å²) in [4.78, 5) is 7.62. The van der Waals surface area contributed by atoms with Gasteiger partial charge in [-0.25, -0.2) is 9.37 Å². The van der Waals surface area contributed by atoms with E-state index in [1.165, 1.54) is 4.80 Å². The fraction of sp³-hybridized carbons (Fsp3) is 0.545. The zero-order valence-corrected chi connectivity index (χ0v) is 18.7. The van der Waals surface area contributed by atoms with Crippen molar-refractivity contribution in [1.82, 2.24) is 35.4 Å². The maximum absolute atomic E-state index is 15.4. The molecule has 9 nitrogen and oxygen atoms in total. The first-order valence-electron chi connectivity index (χ1n) is 10.8. The second-order valence-corrected chi connectivity index (χ2v) is 9.90. The fourth-order valence-electron chi connectivity index (χ4n) is 5.54. The summed E-state index contributed by atoms with van der Waals surface area (Å²) in [5.41, 5.74) is 0.964. The number of anilines is 1. The maximum Gasteiger partial charge on any atom is 0.205 e. The molecule has 2 bridgehead atoms. The third-order valence-electron chi connectivity index (χ3n) is 7.25. The van der Waals surface area contributed by atoms with Crippen LogP contribution in [0.2, 0.25) is 0 Å². The molecule has 2 aromatic heterocycles. The summed E-state index contributed by atoms with van der Waals surface area (Å²) in [7, 11) is 3.53. The van der Waals surface area contributed by atoms with Gasteiger partial charge in [0.25, 0.3) is 0 Å². The van der Waals surface area contributed by atoms with E-state index in [1.807, 2.05) is 11.9 Å². The van der Waals surface area contributed by atoms with Gasteiger partial charge in [-0.15, -0.1) is 20.4 Å². The van der Waals surface area contributed by atoms with Crippen molar-refractivity contribution in [3.63, 3.8) is 0 Å². The highest BCUT2D eigenvalue weighted by atomic mass is 19.1. The summed E-state index contributed by atoms with van der Waals surface area (Å²) in [6.07, 6.45) is 4.40. The van der Waals surface area contributed by atoms with Crippen LogP contribution in [-0.2, 0) is 7.05 Å². The molecule has 4 atom stereocenters. The minimum atomic E-state index is -0.921. The molecule has 3 aromatic rings. The number of rotatable bonds is 4. The van der Waals surface area contributed by atoms with Crippen molar-refractivity contribution in [1.29, 1.82) is 0 Å². The lowest BCUT2D eigenvalue weighted by Gasteiger charge is -2.46. The molecule has 2 fully saturated rings. The maximum atomic E-state index is 15.4. The Morgan fingerprint density at radius 1 is 1.16 bits per heavy atom. The van der Waals surface area contributed by atoms with Crippen LogP contribution >= 0.6 is 0 Å². The Hall–Kier alpha value is -3.17. The normalized spacial score (nSPS) is 29.3. The average Bonchev–Trinajstić information content (AvgIpc) is 3.32. The molecule has 0 spiro atoms. The number of halogens is 1. The number of benzene rings is 1. The second kappa shape index (κ2) is 7.18. The molecule has 32 heavy (non-hydrogen) atoms. The van der Waals surface area contributed by atoms with Gasteiger partial charge >= 0.3 is 0 Å². The number of aryl methyl sites for hydroxylation is 1. The summed E-state index contributed by atoms with van der Waals surface area (Å²) in [6.45, 7) is 4.33. The van der Waals surface area contributed by atoms with Crippen molar-refractivity contribution in [2.24, 2.45) is 17.9 Å². The Kier molecular flexibility index (Phi) is 4.65. The molecule has 0 unspecified atom stereocenters. The van der Waals surface area contributed by atoms with Crippen molar-refractivity contribution in [2.75, 3.05) is 11.9 Å². The summed E-state index contributed by atoms with van der Waals surface area (Å²) in [5.74, 6) is 1.22. The van der Waals surface area contributed by atoms with Gasteiger partial charge in [0.05, 0.1) is 24.8 Å². The smallest absolute Gasteiger partial charge is 0.205 e. The minimum absolute atomic E-state index is 0.00798. The van der Waals surface area contributed by atoms with Gasteiger partial charge in [-0.3, -0.25) is 0 Å². The van der Waals surface area contributed by atoms with Gasteiger partial charge < -0.3 is 10.0 Å². The van der Waals surface area contributed by atoms with E-state index >= 15 is 4.39 Å². The van der Waals surface area contributed by atoms with Crippen LogP contribution in [0.25, 0.3) is 22.8 Å². The number of aromatic nitrogens is 7. The Bertz CT molecular complexity index is 1150. The summed E-state index contributed by atoms with van der Waals surface area (Å²) >= 11 is 0. The van der Waals surface area contributed by atoms with Gasteiger partial charge in [0.2, 0.25) is 5.82 Å². The molecule has 1 N–H and O–H groups in total. The monoisotopic (exact) mass is 438 g/mol. The predicted molar refractivity (Wildman–Crippen MR) is 116 cm³/mol. The molecule has 5 rings (SSSR count). The molecule has 0 saturated heterocycles. The van der Waals surface area contributed by atoms with Crippen LogP contribution in [-0.4, -0.2) is 59.8 Å². The number of phenols is 1. The second-order valence-electron chi connectivity index (χ2n) is 9.90. The highest BCUT2D eigenvalue weighted by Crippen LogP contribution is 2.59. The Morgan fingerprint density at radius 2 is 1.97 bits per heavy atom. The van der Waals surface area contributed by atoms with Gasteiger partial charge in [-0.2, -0.15) is 4.80 Å². The number of aromatic hydroxyl groups is 1. The Labute approximate surface area is 185 Å². The zero-order valence-electron chi connectivity index (χ0n) is 18.7. The molecule has 2 aliphatic carbocycles. The topological polar surface area (TPSA) is 106 Å². The van der Waals surface area contributed by atoms with Crippen LogP contribution in [0, 0.1) is 10.8 Å². The number of hydrogen-bond donors (Lipinski definition) is 1. The number of fused-ring (bicyclic) bond motifs is 2. The number of nitrogens with zero attached hydrogens (tertiary/aromatic N) is 8. The van der Waals surface area contributed by atoms with E-state index in [1.54, 1.807) is 31.4 Å². The lowest BCUT2D eigenvalue weighted by atomic mass is 9.67. The number of hydrogen-bond acceptors (Lipinski definition) is 8. The fourth-order valence-corrected chi connectivity index (χ4v) is 5.54. The van der Waals surface area contributed by atoms with Crippen molar-refractivity contribution in [3.05, 3.63) is 24.4 Å². The van der Waals surface area contributed by atoms with Gasteiger partial charge in [0.15, 0.2) is 11.6 Å². The number of alkyl halides is 1. The molecular weight excluding hydrogens is 411 g/mol. The molecule has 2 saturated carbocycles. The highest BCUT2D eigenvalue weighted by molar-refractivity contribution is 5.69. The van der Waals surface area contributed by atoms with E-state index in [9.17, 15) is 5.11 Å². The van der Waals surface area contributed by atoms with Crippen molar-refractivity contribution >= 4 is 5.82 Å². The molecule has 168 valence electrons. The van der Waals surface area contributed by atoms with Crippen LogP contribution in [0.1, 0.15) is 39.5 Å². The van der Waals surface area contributed by atoms with Crippen molar-refractivity contribution in [2.45, 2.75) is 51.7 Å². The van der Waals surface area contributed by atoms with Gasteiger partial charge in [0.1, 0.15) is 11.9 Å². The van der Waals surface area contributed by atoms with Crippen molar-refractivity contribution < 1.29 is 9.50 Å². The van der Waals surface area contributed by atoms with Crippen LogP contribution in [0.3, 0.4) is 0 Å². The first-order chi connectivity index (χ1) is 15.2. The van der Waals surface area contributed by atoms with E-state index in [-0.39, 0.29) is 28.4 Å². The van der Waals surface area contributed by atoms with E-state index in [4.69, 9.17) is 0 Å². The quantitative estimate of drug-likeness (QED) is 0.662. The van der Waals surface area contributed by atoms with Crippen molar-refractivity contribution in [3.8, 4) is 28.5 Å². The van der Waals surface area contributed by atoms with Crippen LogP contribution in [0.4, 0.5) is 10.2 Å². The molecule has 0 aliphatic heterocycles. The molecule has 2 heterocycles.